The number of amides is 1. The van der Waals surface area contributed by atoms with Crippen LogP contribution >= 0.6 is 0 Å². The third-order valence-electron chi connectivity index (χ3n) is 5.08. The van der Waals surface area contributed by atoms with Gasteiger partial charge in [-0.15, -0.1) is 0 Å². The number of aliphatic hydroxyl groups excluding tert-OH is 1. The lowest BCUT2D eigenvalue weighted by molar-refractivity contribution is 0.0620. The van der Waals surface area contributed by atoms with E-state index in [-0.39, 0.29) is 23.3 Å². The van der Waals surface area contributed by atoms with Gasteiger partial charge in [0.2, 0.25) is 0 Å². The summed E-state index contributed by atoms with van der Waals surface area (Å²) in [5, 5.41) is 9.33. The molecule has 1 fully saturated rings. The number of hydrogen-bond donors (Lipinski definition) is 2. The van der Waals surface area contributed by atoms with Crippen LogP contribution in [-0.4, -0.2) is 44.0 Å². The second-order valence-corrected chi connectivity index (χ2v) is 9.04. The summed E-state index contributed by atoms with van der Waals surface area (Å²) in [5.74, 6) is 0.0310. The molecule has 1 amide bonds. The molecule has 0 aromatic heterocycles. The number of sulfonamides is 1. The standard InChI is InChI=1S/C21H26N2O4S/c1-15-5-6-16(2)20(12-15)28(26,27)22-19-9-7-18(8-10-19)21(25)23-11-3-4-17(13-23)14-24/h5-10,12,17,22,24H,3-4,11,13-14H2,1-2H3. The van der Waals surface area contributed by atoms with Crippen LogP contribution in [0.2, 0.25) is 0 Å². The molecule has 0 spiro atoms. The summed E-state index contributed by atoms with van der Waals surface area (Å²) < 4.78 is 28.0. The molecule has 1 aliphatic heterocycles. The molecule has 1 saturated heterocycles. The van der Waals surface area contributed by atoms with Crippen molar-refractivity contribution < 1.29 is 18.3 Å². The fourth-order valence-corrected chi connectivity index (χ4v) is 4.86. The van der Waals surface area contributed by atoms with Crippen LogP contribution in [-0.2, 0) is 10.0 Å². The Hall–Kier alpha value is -2.38. The fraction of sp³-hybridized carbons (Fsp3) is 0.381. The fourth-order valence-electron chi connectivity index (χ4n) is 3.47. The van der Waals surface area contributed by atoms with Gasteiger partial charge in [0.25, 0.3) is 15.9 Å². The number of carbonyl (C=O) groups excluding carboxylic acids is 1. The monoisotopic (exact) mass is 402 g/mol. The van der Waals surface area contributed by atoms with Crippen molar-refractivity contribution in [2.75, 3.05) is 24.4 Å². The second kappa shape index (κ2) is 8.32. The van der Waals surface area contributed by atoms with E-state index in [4.69, 9.17) is 0 Å². The SMILES string of the molecule is Cc1ccc(C)c(S(=O)(=O)Nc2ccc(C(=O)N3CCCC(CO)C3)cc2)c1. The first kappa shape index (κ1) is 20.4. The van der Waals surface area contributed by atoms with Gasteiger partial charge < -0.3 is 10.0 Å². The highest BCUT2D eigenvalue weighted by Crippen LogP contribution is 2.22. The summed E-state index contributed by atoms with van der Waals surface area (Å²) in [5.41, 5.74) is 2.46. The number of nitrogens with one attached hydrogen (secondary N) is 1. The lowest BCUT2D eigenvalue weighted by Gasteiger charge is -2.32. The molecule has 1 aliphatic rings. The average molecular weight is 403 g/mol. The summed E-state index contributed by atoms with van der Waals surface area (Å²) in [6, 6.07) is 11.8. The number of anilines is 1. The van der Waals surface area contributed by atoms with E-state index in [0.29, 0.717) is 29.9 Å². The van der Waals surface area contributed by atoms with Crippen molar-refractivity contribution >= 4 is 21.6 Å². The molecule has 2 aromatic rings. The predicted molar refractivity (Wildman–Crippen MR) is 109 cm³/mol. The van der Waals surface area contributed by atoms with E-state index in [1.54, 1.807) is 48.2 Å². The van der Waals surface area contributed by atoms with Crippen molar-refractivity contribution in [2.45, 2.75) is 31.6 Å². The van der Waals surface area contributed by atoms with Crippen LogP contribution in [0.4, 0.5) is 5.69 Å². The summed E-state index contributed by atoms with van der Waals surface area (Å²) >= 11 is 0. The van der Waals surface area contributed by atoms with Crippen LogP contribution < -0.4 is 4.72 Å². The van der Waals surface area contributed by atoms with Crippen LogP contribution in [0.25, 0.3) is 0 Å². The normalized spacial score (nSPS) is 17.4. The number of benzene rings is 2. The average Bonchev–Trinajstić information content (AvgIpc) is 2.69. The maximum Gasteiger partial charge on any atom is 0.262 e. The first-order valence-electron chi connectivity index (χ1n) is 9.40. The van der Waals surface area contributed by atoms with E-state index < -0.39 is 10.0 Å². The second-order valence-electron chi connectivity index (χ2n) is 7.39. The van der Waals surface area contributed by atoms with Gasteiger partial charge in [-0.05, 0) is 74.1 Å². The highest BCUT2D eigenvalue weighted by Gasteiger charge is 2.24. The molecule has 0 radical (unpaired) electrons. The Labute approximate surface area is 166 Å². The lowest BCUT2D eigenvalue weighted by atomic mass is 9.98. The first-order chi connectivity index (χ1) is 13.3. The van der Waals surface area contributed by atoms with Crippen LogP contribution in [0, 0.1) is 19.8 Å². The quantitative estimate of drug-likeness (QED) is 0.805. The number of hydrogen-bond acceptors (Lipinski definition) is 4. The molecule has 0 aliphatic carbocycles. The minimum Gasteiger partial charge on any atom is -0.396 e. The Morgan fingerprint density at radius 3 is 2.57 bits per heavy atom. The van der Waals surface area contributed by atoms with Crippen LogP contribution in [0.1, 0.15) is 34.3 Å². The van der Waals surface area contributed by atoms with Crippen molar-refractivity contribution in [3.05, 3.63) is 59.2 Å². The van der Waals surface area contributed by atoms with E-state index in [9.17, 15) is 18.3 Å². The molecule has 6 nitrogen and oxygen atoms in total. The van der Waals surface area contributed by atoms with Gasteiger partial charge in [-0.1, -0.05) is 12.1 Å². The van der Waals surface area contributed by atoms with E-state index >= 15 is 0 Å². The van der Waals surface area contributed by atoms with Gasteiger partial charge in [0.1, 0.15) is 0 Å². The third-order valence-corrected chi connectivity index (χ3v) is 6.60. The molecule has 2 aromatic carbocycles. The number of aryl methyl sites for hydroxylation is 2. The molecule has 1 unspecified atom stereocenters. The predicted octanol–water partition coefficient (Wildman–Crippen LogP) is 2.95. The molecule has 7 heteroatoms. The molecule has 1 heterocycles. The molecular weight excluding hydrogens is 376 g/mol. The Balaban J connectivity index is 1.74. The molecule has 0 saturated carbocycles. The molecule has 150 valence electrons. The Bertz CT molecular complexity index is 955. The number of rotatable bonds is 5. The number of carbonyl (C=O) groups is 1. The lowest BCUT2D eigenvalue weighted by Crippen LogP contribution is -2.40. The van der Waals surface area contributed by atoms with Gasteiger partial charge in [0.05, 0.1) is 4.90 Å². The maximum atomic E-state index is 12.7. The summed E-state index contributed by atoms with van der Waals surface area (Å²) in [4.78, 5) is 14.7. The van der Waals surface area contributed by atoms with Crippen molar-refractivity contribution in [1.82, 2.24) is 4.90 Å². The zero-order valence-corrected chi connectivity index (χ0v) is 17.0. The van der Waals surface area contributed by atoms with Gasteiger partial charge in [-0.2, -0.15) is 0 Å². The highest BCUT2D eigenvalue weighted by atomic mass is 32.2. The van der Waals surface area contributed by atoms with Crippen molar-refractivity contribution in [2.24, 2.45) is 5.92 Å². The van der Waals surface area contributed by atoms with E-state index in [2.05, 4.69) is 4.72 Å². The van der Waals surface area contributed by atoms with Crippen molar-refractivity contribution in [1.29, 1.82) is 0 Å². The third kappa shape index (κ3) is 4.54. The summed E-state index contributed by atoms with van der Waals surface area (Å²) in [6.07, 6.45) is 1.81. The highest BCUT2D eigenvalue weighted by molar-refractivity contribution is 7.92. The van der Waals surface area contributed by atoms with Crippen LogP contribution in [0.3, 0.4) is 0 Å². The van der Waals surface area contributed by atoms with E-state index in [0.717, 1.165) is 18.4 Å². The minimum atomic E-state index is -3.70. The van der Waals surface area contributed by atoms with Gasteiger partial charge in [0.15, 0.2) is 0 Å². The van der Waals surface area contributed by atoms with Crippen LogP contribution in [0.5, 0.6) is 0 Å². The zero-order chi connectivity index (χ0) is 20.3. The van der Waals surface area contributed by atoms with E-state index in [1.807, 2.05) is 13.0 Å². The van der Waals surface area contributed by atoms with Crippen LogP contribution in [0.15, 0.2) is 47.4 Å². The summed E-state index contributed by atoms with van der Waals surface area (Å²) in [6.45, 7) is 4.92. The number of nitrogens with zero attached hydrogens (tertiary/aromatic N) is 1. The maximum absolute atomic E-state index is 12.7. The number of piperidine rings is 1. The van der Waals surface area contributed by atoms with Crippen molar-refractivity contribution in [3.63, 3.8) is 0 Å². The smallest absolute Gasteiger partial charge is 0.262 e. The molecular formula is C21H26N2O4S. The van der Waals surface area contributed by atoms with E-state index in [1.165, 1.54) is 0 Å². The molecule has 3 rings (SSSR count). The Morgan fingerprint density at radius 2 is 1.89 bits per heavy atom. The van der Waals surface area contributed by atoms with Crippen molar-refractivity contribution in [3.8, 4) is 0 Å². The topological polar surface area (TPSA) is 86.7 Å². The molecule has 0 bridgehead atoms. The molecule has 28 heavy (non-hydrogen) atoms. The Kier molecular flexibility index (Phi) is 6.05. The Morgan fingerprint density at radius 1 is 1.18 bits per heavy atom. The van der Waals surface area contributed by atoms with Gasteiger partial charge >= 0.3 is 0 Å². The van der Waals surface area contributed by atoms with Gasteiger partial charge in [0, 0.05) is 30.9 Å². The summed E-state index contributed by atoms with van der Waals surface area (Å²) in [7, 11) is -3.70. The largest absolute Gasteiger partial charge is 0.396 e. The zero-order valence-electron chi connectivity index (χ0n) is 16.2. The van der Waals surface area contributed by atoms with Gasteiger partial charge in [-0.3, -0.25) is 9.52 Å². The molecule has 2 N–H and O–H groups in total. The minimum absolute atomic E-state index is 0.0862. The number of aliphatic hydroxyl groups is 1. The number of likely N-dealkylation sites (tertiary alicyclic amines) is 1. The van der Waals surface area contributed by atoms with Gasteiger partial charge in [-0.25, -0.2) is 8.42 Å². The first-order valence-corrected chi connectivity index (χ1v) is 10.9. The molecule has 1 atom stereocenters.